The van der Waals surface area contributed by atoms with E-state index in [0.29, 0.717) is 22.1 Å². The van der Waals surface area contributed by atoms with Crippen LogP contribution in [0.1, 0.15) is 12.5 Å². The number of hydrogen-bond acceptors (Lipinski definition) is 5. The maximum absolute atomic E-state index is 12.3. The Morgan fingerprint density at radius 2 is 1.88 bits per heavy atom. The Labute approximate surface area is 154 Å². The van der Waals surface area contributed by atoms with Crippen LogP contribution in [-0.2, 0) is 4.79 Å². The molecule has 0 atom stereocenters. The van der Waals surface area contributed by atoms with Crippen molar-refractivity contribution in [2.45, 2.75) is 13.8 Å². The van der Waals surface area contributed by atoms with Crippen LogP contribution in [-0.4, -0.2) is 24.0 Å². The number of ether oxygens (including phenoxy) is 1. The summed E-state index contributed by atoms with van der Waals surface area (Å²) in [6, 6.07) is 10.7. The van der Waals surface area contributed by atoms with Gasteiger partial charge in [0, 0.05) is 24.4 Å². The van der Waals surface area contributed by atoms with Crippen LogP contribution < -0.4 is 20.7 Å². The zero-order chi connectivity index (χ0) is 18.7. The van der Waals surface area contributed by atoms with Gasteiger partial charge in [-0.15, -0.1) is 0 Å². The highest BCUT2D eigenvalue weighted by molar-refractivity contribution is 7.22. The fourth-order valence-electron chi connectivity index (χ4n) is 2.43. The van der Waals surface area contributed by atoms with Crippen molar-refractivity contribution >= 4 is 50.0 Å². The number of nitrogens with zero attached hydrogens (tertiary/aromatic N) is 1. The molecule has 0 aliphatic rings. The molecular formula is C18H18N4O3S. The summed E-state index contributed by atoms with van der Waals surface area (Å²) in [6.45, 7) is 3.34. The average Bonchev–Trinajstić information content (AvgIpc) is 2.97. The fraction of sp³-hybridized carbons (Fsp3) is 0.167. The Bertz CT molecular complexity index is 984. The molecule has 3 N–H and O–H groups in total. The number of nitrogens with one attached hydrogen (secondary N) is 3. The molecule has 134 valence electrons. The molecule has 2 aromatic carbocycles. The third-order valence-electron chi connectivity index (χ3n) is 3.61. The van der Waals surface area contributed by atoms with Crippen molar-refractivity contribution in [3.63, 3.8) is 0 Å². The van der Waals surface area contributed by atoms with E-state index in [2.05, 4.69) is 20.9 Å². The van der Waals surface area contributed by atoms with Crippen molar-refractivity contribution in [3.8, 4) is 5.75 Å². The van der Waals surface area contributed by atoms with Crippen molar-refractivity contribution in [1.29, 1.82) is 0 Å². The van der Waals surface area contributed by atoms with Gasteiger partial charge in [-0.25, -0.2) is 9.78 Å². The van der Waals surface area contributed by atoms with Gasteiger partial charge in [-0.1, -0.05) is 29.5 Å². The number of methoxy groups -OCH3 is 1. The quantitative estimate of drug-likeness (QED) is 0.641. The molecule has 8 heteroatoms. The number of anilines is 3. The van der Waals surface area contributed by atoms with Crippen LogP contribution in [0.5, 0.6) is 5.75 Å². The largest absolute Gasteiger partial charge is 0.494 e. The molecule has 1 heterocycles. The Hall–Kier alpha value is -3.13. The van der Waals surface area contributed by atoms with Gasteiger partial charge in [0.2, 0.25) is 5.91 Å². The van der Waals surface area contributed by atoms with Gasteiger partial charge < -0.3 is 20.7 Å². The van der Waals surface area contributed by atoms with E-state index in [9.17, 15) is 9.59 Å². The van der Waals surface area contributed by atoms with E-state index in [1.54, 1.807) is 12.1 Å². The van der Waals surface area contributed by atoms with E-state index in [1.807, 2.05) is 31.2 Å². The Balaban J connectivity index is 1.84. The maximum Gasteiger partial charge on any atom is 0.323 e. The molecule has 0 fully saturated rings. The first-order chi connectivity index (χ1) is 12.5. The molecule has 7 nitrogen and oxygen atoms in total. The lowest BCUT2D eigenvalue weighted by Crippen LogP contribution is -2.19. The summed E-state index contributed by atoms with van der Waals surface area (Å²) < 4.78 is 6.16. The number of carbonyl (C=O) groups is 2. The molecule has 3 aromatic rings. The third kappa shape index (κ3) is 3.92. The Kier molecular flexibility index (Phi) is 5.04. The molecular weight excluding hydrogens is 352 g/mol. The second-order valence-electron chi connectivity index (χ2n) is 5.62. The number of benzene rings is 2. The molecule has 0 saturated heterocycles. The molecule has 0 aliphatic heterocycles. The normalized spacial score (nSPS) is 10.4. The molecule has 0 radical (unpaired) electrons. The predicted octanol–water partition coefficient (Wildman–Crippen LogP) is 4.22. The molecule has 0 aliphatic carbocycles. The van der Waals surface area contributed by atoms with Crippen LogP contribution in [0, 0.1) is 6.92 Å². The smallest absolute Gasteiger partial charge is 0.323 e. The fourth-order valence-corrected chi connectivity index (χ4v) is 3.40. The van der Waals surface area contributed by atoms with Crippen molar-refractivity contribution in [1.82, 2.24) is 4.98 Å². The van der Waals surface area contributed by atoms with Crippen molar-refractivity contribution in [2.75, 3.05) is 23.1 Å². The van der Waals surface area contributed by atoms with Crippen molar-refractivity contribution in [2.24, 2.45) is 0 Å². The lowest BCUT2D eigenvalue weighted by atomic mass is 10.2. The molecule has 3 amide bonds. The summed E-state index contributed by atoms with van der Waals surface area (Å²) in [5.41, 5.74) is 2.91. The summed E-state index contributed by atoms with van der Waals surface area (Å²) in [5, 5.41) is 8.75. The van der Waals surface area contributed by atoms with Gasteiger partial charge in [0.1, 0.15) is 11.3 Å². The number of aryl methyl sites for hydroxylation is 1. The highest BCUT2D eigenvalue weighted by Gasteiger charge is 2.13. The number of thiazole rings is 1. The molecule has 0 unspecified atom stereocenters. The van der Waals surface area contributed by atoms with Gasteiger partial charge >= 0.3 is 6.03 Å². The number of hydrogen-bond donors (Lipinski definition) is 3. The summed E-state index contributed by atoms with van der Waals surface area (Å²) in [6.07, 6.45) is 0. The zero-order valence-corrected chi connectivity index (χ0v) is 15.4. The third-order valence-corrected chi connectivity index (χ3v) is 4.53. The predicted molar refractivity (Wildman–Crippen MR) is 104 cm³/mol. The highest BCUT2D eigenvalue weighted by Crippen LogP contribution is 2.35. The van der Waals surface area contributed by atoms with E-state index in [-0.39, 0.29) is 11.9 Å². The zero-order valence-electron chi connectivity index (χ0n) is 14.5. The van der Waals surface area contributed by atoms with E-state index >= 15 is 0 Å². The summed E-state index contributed by atoms with van der Waals surface area (Å²) in [7, 11) is 1.53. The number of carbonyl (C=O) groups excluding carboxylic acids is 2. The molecule has 1 aromatic heterocycles. The van der Waals surface area contributed by atoms with Crippen LogP contribution in [0.3, 0.4) is 0 Å². The van der Waals surface area contributed by atoms with Gasteiger partial charge in [-0.3, -0.25) is 4.79 Å². The SMILES string of the molecule is COc1cc(NC(=O)Nc2ccccc2C)cc2sc(NC(C)=O)nc12. The number of amides is 3. The lowest BCUT2D eigenvalue weighted by Gasteiger charge is -2.11. The van der Waals surface area contributed by atoms with Crippen molar-refractivity contribution in [3.05, 3.63) is 42.0 Å². The van der Waals surface area contributed by atoms with Gasteiger partial charge in [0.15, 0.2) is 5.13 Å². The van der Waals surface area contributed by atoms with Crippen molar-refractivity contribution < 1.29 is 14.3 Å². The van der Waals surface area contributed by atoms with Crippen LogP contribution in [0.2, 0.25) is 0 Å². The summed E-state index contributed by atoms with van der Waals surface area (Å²) in [4.78, 5) is 27.9. The Morgan fingerprint density at radius 1 is 1.12 bits per heavy atom. The molecule has 3 rings (SSSR count). The topological polar surface area (TPSA) is 92.4 Å². The second kappa shape index (κ2) is 7.40. The number of rotatable bonds is 4. The molecule has 0 spiro atoms. The van der Waals surface area contributed by atoms with E-state index in [1.165, 1.54) is 25.4 Å². The number of urea groups is 1. The highest BCUT2D eigenvalue weighted by atomic mass is 32.1. The van der Waals surface area contributed by atoms with Crippen LogP contribution in [0.4, 0.5) is 21.3 Å². The monoisotopic (exact) mass is 370 g/mol. The van der Waals surface area contributed by atoms with Crippen LogP contribution >= 0.6 is 11.3 Å². The number of fused-ring (bicyclic) bond motifs is 1. The van der Waals surface area contributed by atoms with E-state index in [4.69, 9.17) is 4.74 Å². The van der Waals surface area contributed by atoms with Crippen LogP contribution in [0.25, 0.3) is 10.2 Å². The maximum atomic E-state index is 12.3. The molecule has 0 bridgehead atoms. The minimum Gasteiger partial charge on any atom is -0.494 e. The number of para-hydroxylation sites is 1. The minimum atomic E-state index is -0.354. The van der Waals surface area contributed by atoms with Gasteiger partial charge in [-0.05, 0) is 24.6 Å². The minimum absolute atomic E-state index is 0.195. The van der Waals surface area contributed by atoms with E-state index in [0.717, 1.165) is 16.0 Å². The lowest BCUT2D eigenvalue weighted by molar-refractivity contribution is -0.114. The molecule has 0 saturated carbocycles. The van der Waals surface area contributed by atoms with Crippen LogP contribution in [0.15, 0.2) is 36.4 Å². The summed E-state index contributed by atoms with van der Waals surface area (Å²) >= 11 is 1.31. The standard InChI is InChI=1S/C18H18N4O3S/c1-10-6-4-5-7-13(10)21-17(24)20-12-8-14(25-3)16-15(9-12)26-18(22-16)19-11(2)23/h4-9H,1-3H3,(H,19,22,23)(H2,20,21,24). The summed E-state index contributed by atoms with van der Waals surface area (Å²) in [5.74, 6) is 0.320. The molecule has 26 heavy (non-hydrogen) atoms. The first-order valence-electron chi connectivity index (χ1n) is 7.86. The van der Waals surface area contributed by atoms with Gasteiger partial charge in [0.05, 0.1) is 11.8 Å². The second-order valence-corrected chi connectivity index (χ2v) is 6.65. The van der Waals surface area contributed by atoms with E-state index < -0.39 is 0 Å². The first kappa shape index (κ1) is 17.7. The van der Waals surface area contributed by atoms with Gasteiger partial charge in [-0.2, -0.15) is 0 Å². The number of aromatic nitrogens is 1. The average molecular weight is 370 g/mol. The first-order valence-corrected chi connectivity index (χ1v) is 8.67. The van der Waals surface area contributed by atoms with Gasteiger partial charge in [0.25, 0.3) is 0 Å². The Morgan fingerprint density at radius 3 is 2.58 bits per heavy atom.